The number of carbonyl (C=O) groups is 1. The summed E-state index contributed by atoms with van der Waals surface area (Å²) in [6.07, 6.45) is 5.45. The lowest BCUT2D eigenvalue weighted by atomic mass is 9.84. The molecule has 1 aromatic carbocycles. The summed E-state index contributed by atoms with van der Waals surface area (Å²) in [7, 11) is 0. The third-order valence-corrected chi connectivity index (χ3v) is 6.72. The molecule has 0 aliphatic heterocycles. The Kier molecular flexibility index (Phi) is 5.19. The van der Waals surface area contributed by atoms with Gasteiger partial charge in [0.25, 0.3) is 0 Å². The Hall–Kier alpha value is -2.28. The fourth-order valence-corrected chi connectivity index (χ4v) is 4.87. The van der Waals surface area contributed by atoms with Gasteiger partial charge in [0.15, 0.2) is 11.6 Å². The molecular formula is C22H27F2N3O2. The van der Waals surface area contributed by atoms with Gasteiger partial charge < -0.3 is 15.0 Å². The van der Waals surface area contributed by atoms with Crippen LogP contribution in [0.4, 0.5) is 8.78 Å². The minimum Gasteiger partial charge on any atom is -0.389 e. The van der Waals surface area contributed by atoms with Crippen LogP contribution < -0.4 is 5.32 Å². The molecule has 2 aromatic rings. The van der Waals surface area contributed by atoms with Gasteiger partial charge >= 0.3 is 0 Å². The molecule has 7 heteroatoms. The average molecular weight is 403 g/mol. The topological polar surface area (TPSA) is 67.2 Å². The highest BCUT2D eigenvalue weighted by Crippen LogP contribution is 2.44. The number of fused-ring (bicyclic) bond motifs is 1. The first-order chi connectivity index (χ1) is 13.7. The fraction of sp³-hybridized carbons (Fsp3) is 0.545. The number of halogens is 2. The summed E-state index contributed by atoms with van der Waals surface area (Å²) < 4.78 is 29.1. The van der Waals surface area contributed by atoms with Crippen LogP contribution in [-0.2, 0) is 4.79 Å². The van der Waals surface area contributed by atoms with Crippen molar-refractivity contribution in [2.45, 2.75) is 58.2 Å². The molecule has 29 heavy (non-hydrogen) atoms. The molecule has 0 radical (unpaired) electrons. The van der Waals surface area contributed by atoms with Gasteiger partial charge in [-0.05, 0) is 43.6 Å². The summed E-state index contributed by atoms with van der Waals surface area (Å²) in [6.45, 7) is 5.83. The predicted molar refractivity (Wildman–Crippen MR) is 106 cm³/mol. The van der Waals surface area contributed by atoms with Crippen molar-refractivity contribution in [1.29, 1.82) is 0 Å². The van der Waals surface area contributed by atoms with Crippen LogP contribution in [0.3, 0.4) is 0 Å². The molecule has 6 atom stereocenters. The van der Waals surface area contributed by atoms with E-state index in [1.165, 1.54) is 6.07 Å². The van der Waals surface area contributed by atoms with Crippen LogP contribution in [0.1, 0.15) is 46.1 Å². The Morgan fingerprint density at radius 3 is 2.66 bits per heavy atom. The second-order valence-electron chi connectivity index (χ2n) is 8.70. The van der Waals surface area contributed by atoms with Crippen LogP contribution in [0.2, 0.25) is 0 Å². The number of rotatable bonds is 5. The highest BCUT2D eigenvalue weighted by molar-refractivity contribution is 5.79. The summed E-state index contributed by atoms with van der Waals surface area (Å²) >= 11 is 0. The van der Waals surface area contributed by atoms with Crippen molar-refractivity contribution >= 4 is 16.9 Å². The zero-order valence-electron chi connectivity index (χ0n) is 16.9. The molecule has 6 unspecified atom stereocenters. The van der Waals surface area contributed by atoms with E-state index in [4.69, 9.17) is 0 Å². The molecule has 5 nitrogen and oxygen atoms in total. The number of hydrogen-bond acceptors (Lipinski definition) is 3. The normalized spacial score (nSPS) is 28.7. The monoisotopic (exact) mass is 403 g/mol. The third-order valence-electron chi connectivity index (χ3n) is 6.72. The van der Waals surface area contributed by atoms with Gasteiger partial charge in [0.2, 0.25) is 5.91 Å². The first-order valence-corrected chi connectivity index (χ1v) is 10.2. The van der Waals surface area contributed by atoms with Crippen LogP contribution in [0, 0.1) is 29.4 Å². The van der Waals surface area contributed by atoms with Crippen molar-refractivity contribution in [3.63, 3.8) is 0 Å². The summed E-state index contributed by atoms with van der Waals surface area (Å²) in [5.74, 6) is -1.37. The van der Waals surface area contributed by atoms with Crippen molar-refractivity contribution in [3.8, 4) is 0 Å². The van der Waals surface area contributed by atoms with Crippen molar-refractivity contribution in [2.75, 3.05) is 0 Å². The van der Waals surface area contributed by atoms with Gasteiger partial charge in [0, 0.05) is 24.1 Å². The second kappa shape index (κ2) is 7.52. The molecule has 4 rings (SSSR count). The number of amides is 1. The standard InChI is InChI=1S/C22H27F2N3O2/c1-11-4-16(27-10-25-20-8-18(23)19(24)9-21(20)27)7-17(11)12(2)22(29)26-15-5-14(6-15)13(3)28/h5,8-13,15-17,28H,4,6-7H2,1-3H3,(H,26,29). The van der Waals surface area contributed by atoms with Gasteiger partial charge in [-0.3, -0.25) is 4.79 Å². The Morgan fingerprint density at radius 2 is 1.97 bits per heavy atom. The number of nitrogens with zero attached hydrogens (tertiary/aromatic N) is 2. The van der Waals surface area contributed by atoms with Crippen molar-refractivity contribution in [2.24, 2.45) is 17.8 Å². The summed E-state index contributed by atoms with van der Waals surface area (Å²) in [6, 6.07) is 2.43. The summed E-state index contributed by atoms with van der Waals surface area (Å²) in [4.78, 5) is 17.0. The Bertz CT molecular complexity index is 968. The van der Waals surface area contributed by atoms with Crippen LogP contribution >= 0.6 is 0 Å². The van der Waals surface area contributed by atoms with E-state index in [-0.39, 0.29) is 29.8 Å². The molecule has 1 fully saturated rings. The van der Waals surface area contributed by atoms with Gasteiger partial charge in [-0.25, -0.2) is 13.8 Å². The number of carbonyl (C=O) groups excluding carboxylic acids is 1. The van der Waals surface area contributed by atoms with Crippen molar-refractivity contribution < 1.29 is 18.7 Å². The van der Waals surface area contributed by atoms with Crippen LogP contribution in [-0.4, -0.2) is 32.7 Å². The zero-order valence-corrected chi connectivity index (χ0v) is 16.9. The lowest BCUT2D eigenvalue weighted by molar-refractivity contribution is -0.127. The maximum Gasteiger partial charge on any atom is 0.223 e. The molecule has 1 amide bonds. The van der Waals surface area contributed by atoms with E-state index in [1.807, 2.05) is 17.6 Å². The van der Waals surface area contributed by atoms with Crippen molar-refractivity contribution in [1.82, 2.24) is 14.9 Å². The number of hydrogen-bond donors (Lipinski definition) is 2. The second-order valence-corrected chi connectivity index (χ2v) is 8.70. The SMILES string of the molecule is CC(O)C1=CC(NC(=O)C(C)C2CC(n3cnc4cc(F)c(F)cc43)CC2C)C1. The Morgan fingerprint density at radius 1 is 1.28 bits per heavy atom. The number of nitrogens with one attached hydrogen (secondary N) is 1. The summed E-state index contributed by atoms with van der Waals surface area (Å²) in [5, 5.41) is 12.6. The number of aromatic nitrogens is 2. The van der Waals surface area contributed by atoms with E-state index in [2.05, 4.69) is 17.2 Å². The molecule has 0 spiro atoms. The van der Waals surface area contributed by atoms with Gasteiger partial charge in [-0.1, -0.05) is 19.9 Å². The zero-order chi connectivity index (χ0) is 20.9. The number of aliphatic hydroxyl groups is 1. The van der Waals surface area contributed by atoms with E-state index in [9.17, 15) is 18.7 Å². The highest BCUT2D eigenvalue weighted by atomic mass is 19.2. The average Bonchev–Trinajstić information content (AvgIpc) is 3.20. The molecule has 2 N–H and O–H groups in total. The first kappa shape index (κ1) is 20.0. The minimum atomic E-state index is -0.894. The Labute approximate surface area is 168 Å². The van der Waals surface area contributed by atoms with Gasteiger partial charge in [-0.2, -0.15) is 0 Å². The lowest BCUT2D eigenvalue weighted by Gasteiger charge is -2.31. The van der Waals surface area contributed by atoms with Crippen molar-refractivity contribution in [3.05, 3.63) is 41.7 Å². The lowest BCUT2D eigenvalue weighted by Crippen LogP contribution is -2.44. The number of benzene rings is 1. The molecule has 1 saturated carbocycles. The first-order valence-electron chi connectivity index (χ1n) is 10.2. The van der Waals surface area contributed by atoms with E-state index in [1.54, 1.807) is 13.3 Å². The molecular weight excluding hydrogens is 376 g/mol. The molecule has 2 aliphatic rings. The highest BCUT2D eigenvalue weighted by Gasteiger charge is 2.39. The largest absolute Gasteiger partial charge is 0.389 e. The molecule has 0 bridgehead atoms. The maximum atomic E-state index is 13.7. The fourth-order valence-electron chi connectivity index (χ4n) is 4.87. The molecule has 0 saturated heterocycles. The van der Waals surface area contributed by atoms with E-state index in [0.29, 0.717) is 23.4 Å². The molecule has 1 heterocycles. The molecule has 2 aliphatic carbocycles. The molecule has 156 valence electrons. The third kappa shape index (κ3) is 3.68. The maximum absolute atomic E-state index is 13.7. The van der Waals surface area contributed by atoms with Crippen LogP contribution in [0.25, 0.3) is 11.0 Å². The number of imidazole rings is 1. The van der Waals surface area contributed by atoms with Crippen LogP contribution in [0.15, 0.2) is 30.1 Å². The minimum absolute atomic E-state index is 0.00230. The van der Waals surface area contributed by atoms with E-state index < -0.39 is 17.7 Å². The van der Waals surface area contributed by atoms with E-state index in [0.717, 1.165) is 24.5 Å². The Balaban J connectivity index is 1.45. The number of aliphatic hydroxyl groups excluding tert-OH is 1. The van der Waals surface area contributed by atoms with E-state index >= 15 is 0 Å². The van der Waals surface area contributed by atoms with Gasteiger partial charge in [0.05, 0.1) is 29.5 Å². The van der Waals surface area contributed by atoms with Gasteiger partial charge in [-0.15, -0.1) is 0 Å². The predicted octanol–water partition coefficient (Wildman–Crippen LogP) is 3.73. The van der Waals surface area contributed by atoms with Crippen LogP contribution in [0.5, 0.6) is 0 Å². The smallest absolute Gasteiger partial charge is 0.223 e. The van der Waals surface area contributed by atoms with Gasteiger partial charge in [0.1, 0.15) is 0 Å². The summed E-state index contributed by atoms with van der Waals surface area (Å²) in [5.41, 5.74) is 1.99. The quantitative estimate of drug-likeness (QED) is 0.748. The molecule has 1 aromatic heterocycles.